The molecule has 0 saturated heterocycles. The Morgan fingerprint density at radius 1 is 1.35 bits per heavy atom. The molecular formula is C24H25ClN4O4S. The Labute approximate surface area is 206 Å². The molecule has 8 nitrogen and oxygen atoms in total. The highest BCUT2D eigenvalue weighted by molar-refractivity contribution is 7.17. The molecule has 1 aromatic carbocycles. The third-order valence-electron chi connectivity index (χ3n) is 5.39. The molecule has 1 aliphatic heterocycles. The second-order valence-corrected chi connectivity index (χ2v) is 9.11. The molecule has 3 N–H and O–H groups in total. The maximum Gasteiger partial charge on any atom is 0.407 e. The zero-order valence-electron chi connectivity index (χ0n) is 18.8. The average Bonchev–Trinajstić information content (AvgIpc) is 3.42. The Hall–Kier alpha value is -3.30. The van der Waals surface area contributed by atoms with Gasteiger partial charge < -0.3 is 25.1 Å². The Bertz CT molecular complexity index is 1240. The Balaban J connectivity index is 1.60. The molecule has 1 unspecified atom stereocenters. The summed E-state index contributed by atoms with van der Waals surface area (Å²) in [6.07, 6.45) is 5.83. The summed E-state index contributed by atoms with van der Waals surface area (Å²) in [6.45, 7) is 4.05. The summed E-state index contributed by atoms with van der Waals surface area (Å²) in [7, 11) is 0. The predicted octanol–water partition coefficient (Wildman–Crippen LogP) is 5.04. The number of halogens is 1. The number of benzene rings is 1. The van der Waals surface area contributed by atoms with Crippen LogP contribution in [-0.2, 0) is 11.2 Å². The van der Waals surface area contributed by atoms with Crippen LogP contribution in [0.5, 0.6) is 5.75 Å². The van der Waals surface area contributed by atoms with E-state index < -0.39 is 12.0 Å². The quantitative estimate of drug-likeness (QED) is 0.450. The lowest BCUT2D eigenvalue weighted by molar-refractivity contribution is 0.0997. The van der Waals surface area contributed by atoms with Crippen molar-refractivity contribution in [3.05, 3.63) is 63.9 Å². The normalized spacial score (nSPS) is 15.4. The minimum atomic E-state index is -0.562. The number of amides is 2. The zero-order valence-corrected chi connectivity index (χ0v) is 20.4. The molecule has 2 atom stereocenters. The largest absolute Gasteiger partial charge is 0.484 e. The van der Waals surface area contributed by atoms with Crippen molar-refractivity contribution in [1.82, 2.24) is 14.9 Å². The molecule has 2 aromatic heterocycles. The van der Waals surface area contributed by atoms with Gasteiger partial charge in [0.25, 0.3) is 5.91 Å². The van der Waals surface area contributed by atoms with Gasteiger partial charge >= 0.3 is 6.09 Å². The number of hydrogen-bond donors (Lipinski definition) is 2. The van der Waals surface area contributed by atoms with Crippen molar-refractivity contribution in [2.45, 2.75) is 38.8 Å². The van der Waals surface area contributed by atoms with E-state index in [1.54, 1.807) is 13.1 Å². The first-order valence-electron chi connectivity index (χ1n) is 10.9. The van der Waals surface area contributed by atoms with Crippen LogP contribution in [0.15, 0.2) is 42.6 Å². The number of aromatic nitrogens is 2. The highest BCUT2D eigenvalue weighted by atomic mass is 35.5. The van der Waals surface area contributed by atoms with Crippen LogP contribution in [0.2, 0.25) is 5.02 Å². The number of nitrogens with zero attached hydrogens (tertiary/aromatic N) is 2. The van der Waals surface area contributed by atoms with Crippen LogP contribution in [0, 0.1) is 0 Å². The molecule has 3 aromatic rings. The lowest BCUT2D eigenvalue weighted by Crippen LogP contribution is -2.37. The number of fused-ring (bicyclic) bond motifs is 1. The average molecular weight is 501 g/mol. The Morgan fingerprint density at radius 3 is 2.85 bits per heavy atom. The van der Waals surface area contributed by atoms with Crippen molar-refractivity contribution >= 4 is 41.1 Å². The molecule has 0 radical (unpaired) electrons. The van der Waals surface area contributed by atoms with Gasteiger partial charge in [0.15, 0.2) is 0 Å². The van der Waals surface area contributed by atoms with E-state index in [4.69, 9.17) is 26.8 Å². The predicted molar refractivity (Wildman–Crippen MR) is 132 cm³/mol. The van der Waals surface area contributed by atoms with Gasteiger partial charge in [-0.25, -0.2) is 9.78 Å². The highest BCUT2D eigenvalue weighted by Crippen LogP contribution is 2.40. The number of ether oxygens (including phenoxy) is 2. The Morgan fingerprint density at radius 2 is 2.15 bits per heavy atom. The van der Waals surface area contributed by atoms with Crippen LogP contribution in [0.4, 0.5) is 4.79 Å². The van der Waals surface area contributed by atoms with Gasteiger partial charge in [0.2, 0.25) is 0 Å². The van der Waals surface area contributed by atoms with Crippen LogP contribution in [0.1, 0.15) is 47.4 Å². The van der Waals surface area contributed by atoms with Crippen LogP contribution in [0.25, 0.3) is 16.8 Å². The zero-order chi connectivity index (χ0) is 24.2. The molecule has 4 rings (SSSR count). The molecule has 0 aliphatic carbocycles. The topological polar surface area (TPSA) is 108 Å². The number of nitrogens with two attached hydrogens (primary N) is 1. The molecule has 1 aliphatic rings. The number of imidazole rings is 1. The van der Waals surface area contributed by atoms with Gasteiger partial charge in [0, 0.05) is 29.3 Å². The van der Waals surface area contributed by atoms with Crippen molar-refractivity contribution in [3.8, 4) is 16.3 Å². The van der Waals surface area contributed by atoms with Gasteiger partial charge in [-0.05, 0) is 25.5 Å². The molecule has 34 heavy (non-hydrogen) atoms. The van der Waals surface area contributed by atoms with Crippen LogP contribution < -0.4 is 15.8 Å². The number of alkyl carbamates (subject to hydrolysis) is 1. The summed E-state index contributed by atoms with van der Waals surface area (Å²) in [5, 5.41) is 3.40. The van der Waals surface area contributed by atoms with E-state index >= 15 is 0 Å². The number of thiophene rings is 1. The van der Waals surface area contributed by atoms with E-state index in [0.717, 1.165) is 22.0 Å². The van der Waals surface area contributed by atoms with Gasteiger partial charge in [0.05, 0.1) is 29.4 Å². The standard InChI is InChI=1S/C24H25ClN4O4S/c1-3-18(15-7-5-6-8-16(15)25)33-19-12-20(34-22(19)23(26)30)17-13-27-21-11-14(9-10-29(17)21)28-24(31)32-4-2/h5-10,12-14,18H,3-4,11H2,1-2H3,(H2,26,30)(H,28,31)/t14?,18-/m0/s1. The minimum absolute atomic E-state index is 0.217. The fourth-order valence-corrected chi connectivity index (χ4v) is 5.00. The second kappa shape index (κ2) is 10.3. The molecule has 0 bridgehead atoms. The van der Waals surface area contributed by atoms with Crippen molar-refractivity contribution in [2.24, 2.45) is 5.73 Å². The smallest absolute Gasteiger partial charge is 0.407 e. The number of hydrogen-bond acceptors (Lipinski definition) is 6. The first-order chi connectivity index (χ1) is 16.4. The molecular weight excluding hydrogens is 476 g/mol. The first-order valence-corrected chi connectivity index (χ1v) is 12.1. The Kier molecular flexibility index (Phi) is 7.23. The van der Waals surface area contributed by atoms with Crippen LogP contribution in [-0.4, -0.2) is 34.2 Å². The highest BCUT2D eigenvalue weighted by Gasteiger charge is 2.25. The summed E-state index contributed by atoms with van der Waals surface area (Å²) in [5.41, 5.74) is 7.32. The van der Waals surface area contributed by atoms with Crippen LogP contribution in [0.3, 0.4) is 0 Å². The van der Waals surface area contributed by atoms with Crippen molar-refractivity contribution in [2.75, 3.05) is 6.61 Å². The van der Waals surface area contributed by atoms with E-state index in [0.29, 0.717) is 35.1 Å². The van der Waals surface area contributed by atoms with Crippen molar-refractivity contribution in [3.63, 3.8) is 0 Å². The van der Waals surface area contributed by atoms with E-state index in [1.165, 1.54) is 11.3 Å². The number of primary amides is 1. The lowest BCUT2D eigenvalue weighted by atomic mass is 10.1. The van der Waals surface area contributed by atoms with Crippen LogP contribution >= 0.6 is 22.9 Å². The van der Waals surface area contributed by atoms with Crippen molar-refractivity contribution < 1.29 is 19.1 Å². The van der Waals surface area contributed by atoms with E-state index in [-0.39, 0.29) is 12.1 Å². The summed E-state index contributed by atoms with van der Waals surface area (Å²) in [5.74, 6) is 0.627. The fraction of sp³-hybridized carbons (Fsp3) is 0.292. The lowest BCUT2D eigenvalue weighted by Gasteiger charge is -2.19. The number of carbonyl (C=O) groups is 2. The van der Waals surface area contributed by atoms with Gasteiger partial charge in [-0.15, -0.1) is 11.3 Å². The van der Waals surface area contributed by atoms with Crippen molar-refractivity contribution in [1.29, 1.82) is 0 Å². The SMILES string of the molecule is CCOC(=O)NC1C=Cn2c(-c3cc(O[C@@H](CC)c4ccccc4Cl)c(C(N)=O)s3)cnc2C1. The molecule has 10 heteroatoms. The number of rotatable bonds is 8. The van der Waals surface area contributed by atoms with Gasteiger partial charge in [-0.2, -0.15) is 0 Å². The van der Waals surface area contributed by atoms with E-state index in [1.807, 2.05) is 54.1 Å². The minimum Gasteiger partial charge on any atom is -0.484 e. The number of nitrogens with one attached hydrogen (secondary N) is 1. The molecule has 0 fully saturated rings. The summed E-state index contributed by atoms with van der Waals surface area (Å²) in [6, 6.07) is 9.07. The molecule has 0 saturated carbocycles. The van der Waals surface area contributed by atoms with Gasteiger partial charge in [-0.1, -0.05) is 36.7 Å². The first kappa shape index (κ1) is 23.8. The molecule has 178 valence electrons. The second-order valence-electron chi connectivity index (χ2n) is 7.65. The van der Waals surface area contributed by atoms with Gasteiger partial charge in [0.1, 0.15) is 22.6 Å². The third kappa shape index (κ3) is 4.95. The number of carbonyl (C=O) groups excluding carboxylic acids is 2. The summed E-state index contributed by atoms with van der Waals surface area (Å²) >= 11 is 7.62. The van der Waals surface area contributed by atoms with E-state index in [2.05, 4.69) is 10.3 Å². The molecule has 0 spiro atoms. The maximum atomic E-state index is 12.2. The summed E-state index contributed by atoms with van der Waals surface area (Å²) < 4.78 is 13.1. The van der Waals surface area contributed by atoms with Gasteiger partial charge in [-0.3, -0.25) is 4.79 Å². The van der Waals surface area contributed by atoms with E-state index in [9.17, 15) is 9.59 Å². The maximum absolute atomic E-state index is 12.2. The third-order valence-corrected chi connectivity index (χ3v) is 6.89. The molecule has 2 amide bonds. The summed E-state index contributed by atoms with van der Waals surface area (Å²) in [4.78, 5) is 29.6. The molecule has 3 heterocycles. The fourth-order valence-electron chi connectivity index (χ4n) is 3.79. The monoisotopic (exact) mass is 500 g/mol.